The zero-order valence-electron chi connectivity index (χ0n) is 11.6. The van der Waals surface area contributed by atoms with Gasteiger partial charge in [0, 0.05) is 25.2 Å². The predicted molar refractivity (Wildman–Crippen MR) is 74.9 cm³/mol. The van der Waals surface area contributed by atoms with Crippen molar-refractivity contribution in [1.82, 2.24) is 10.2 Å². The average molecular weight is 296 g/mol. The summed E-state index contributed by atoms with van der Waals surface area (Å²) in [5.41, 5.74) is 1.63. The van der Waals surface area contributed by atoms with Gasteiger partial charge in [-0.25, -0.2) is 13.6 Å². The van der Waals surface area contributed by atoms with E-state index in [9.17, 15) is 13.6 Å². The number of benzene rings is 1. The van der Waals surface area contributed by atoms with Crippen LogP contribution >= 0.6 is 0 Å². The van der Waals surface area contributed by atoms with Crippen LogP contribution in [0.2, 0.25) is 0 Å². The van der Waals surface area contributed by atoms with Crippen molar-refractivity contribution >= 4 is 6.09 Å². The Hall–Kier alpha value is -1.95. The molecule has 1 aliphatic rings. The highest BCUT2D eigenvalue weighted by atomic mass is 19.3. The third-order valence-corrected chi connectivity index (χ3v) is 3.16. The summed E-state index contributed by atoms with van der Waals surface area (Å²) in [6.07, 6.45) is -0.570. The number of hydrogen-bond acceptors (Lipinski definition) is 3. The van der Waals surface area contributed by atoms with E-state index in [4.69, 9.17) is 4.74 Å². The second kappa shape index (κ2) is 7.73. The maximum Gasteiger partial charge on any atom is 0.411 e. The lowest BCUT2D eigenvalue weighted by atomic mass is 10.2. The van der Waals surface area contributed by atoms with Crippen LogP contribution in [0.3, 0.4) is 0 Å². The zero-order valence-corrected chi connectivity index (χ0v) is 11.6. The number of rotatable bonds is 5. The molecule has 114 valence electrons. The van der Waals surface area contributed by atoms with Crippen LogP contribution in [-0.4, -0.2) is 37.1 Å². The van der Waals surface area contributed by atoms with E-state index in [1.807, 2.05) is 30.3 Å². The molecule has 1 aromatic rings. The number of nitrogens with one attached hydrogen (secondary N) is 1. The number of halogens is 2. The van der Waals surface area contributed by atoms with Gasteiger partial charge in [0.25, 0.3) is 6.43 Å². The van der Waals surface area contributed by atoms with E-state index in [1.165, 1.54) is 0 Å². The normalized spacial score (nSPS) is 15.7. The summed E-state index contributed by atoms with van der Waals surface area (Å²) in [7, 11) is 0. The van der Waals surface area contributed by atoms with Gasteiger partial charge in [-0.15, -0.1) is 0 Å². The SMILES string of the molecule is O=C(NC1=CCN(CC(F)F)CC1)OCc1ccccc1. The van der Waals surface area contributed by atoms with Crippen LogP contribution in [0.15, 0.2) is 42.1 Å². The maximum absolute atomic E-state index is 12.2. The Labute approximate surface area is 122 Å². The quantitative estimate of drug-likeness (QED) is 0.908. The monoisotopic (exact) mass is 296 g/mol. The molecular formula is C15H18F2N2O2. The van der Waals surface area contributed by atoms with E-state index >= 15 is 0 Å². The number of alkyl carbamates (subject to hydrolysis) is 1. The fraction of sp³-hybridized carbons (Fsp3) is 0.400. The van der Waals surface area contributed by atoms with Crippen molar-refractivity contribution in [2.45, 2.75) is 19.5 Å². The van der Waals surface area contributed by atoms with Crippen molar-refractivity contribution < 1.29 is 18.3 Å². The Balaban J connectivity index is 1.72. The fourth-order valence-electron chi connectivity index (χ4n) is 2.08. The first-order valence-electron chi connectivity index (χ1n) is 6.81. The molecule has 1 aromatic carbocycles. The number of amides is 1. The predicted octanol–water partition coefficient (Wildman–Crippen LogP) is 2.77. The molecule has 1 heterocycles. The lowest BCUT2D eigenvalue weighted by Gasteiger charge is -2.25. The average Bonchev–Trinajstić information content (AvgIpc) is 2.48. The lowest BCUT2D eigenvalue weighted by Crippen LogP contribution is -2.36. The molecule has 0 saturated heterocycles. The van der Waals surface area contributed by atoms with Crippen LogP contribution in [0.4, 0.5) is 13.6 Å². The highest BCUT2D eigenvalue weighted by molar-refractivity contribution is 5.69. The molecule has 0 atom stereocenters. The van der Waals surface area contributed by atoms with Crippen LogP contribution in [0.25, 0.3) is 0 Å². The molecule has 6 heteroatoms. The number of ether oxygens (including phenoxy) is 1. The molecule has 0 spiro atoms. The molecule has 4 nitrogen and oxygen atoms in total. The zero-order chi connectivity index (χ0) is 15.1. The molecule has 0 radical (unpaired) electrons. The summed E-state index contributed by atoms with van der Waals surface area (Å²) in [6, 6.07) is 9.38. The number of nitrogens with zero attached hydrogens (tertiary/aromatic N) is 1. The van der Waals surface area contributed by atoms with Gasteiger partial charge in [-0.1, -0.05) is 36.4 Å². The standard InChI is InChI=1S/C15H18F2N2O2/c16-14(17)10-19-8-6-13(7-9-19)18-15(20)21-11-12-4-2-1-3-5-12/h1-6,14H,7-11H2,(H,18,20). The summed E-state index contributed by atoms with van der Waals surface area (Å²) in [6.45, 7) is 0.896. The van der Waals surface area contributed by atoms with Crippen molar-refractivity contribution in [2.24, 2.45) is 0 Å². The molecule has 0 aromatic heterocycles. The minimum atomic E-state index is -2.33. The summed E-state index contributed by atoms with van der Waals surface area (Å²) in [4.78, 5) is 13.3. The summed E-state index contributed by atoms with van der Waals surface area (Å²) >= 11 is 0. The van der Waals surface area contributed by atoms with Crippen LogP contribution in [0.1, 0.15) is 12.0 Å². The minimum absolute atomic E-state index is 0.206. The number of carbonyl (C=O) groups is 1. The van der Waals surface area contributed by atoms with E-state index < -0.39 is 12.5 Å². The molecule has 2 rings (SSSR count). The Bertz CT molecular complexity index is 492. The Morgan fingerprint density at radius 1 is 1.33 bits per heavy atom. The number of hydrogen-bond donors (Lipinski definition) is 1. The molecule has 0 bridgehead atoms. The van der Waals surface area contributed by atoms with Crippen molar-refractivity contribution in [2.75, 3.05) is 19.6 Å². The van der Waals surface area contributed by atoms with Crippen LogP contribution < -0.4 is 5.32 Å². The molecule has 1 aliphatic heterocycles. The van der Waals surface area contributed by atoms with E-state index in [0.717, 1.165) is 11.3 Å². The fourth-order valence-corrected chi connectivity index (χ4v) is 2.08. The number of alkyl halides is 2. The van der Waals surface area contributed by atoms with Gasteiger partial charge < -0.3 is 4.74 Å². The second-order valence-electron chi connectivity index (χ2n) is 4.82. The molecule has 0 unspecified atom stereocenters. The largest absolute Gasteiger partial charge is 0.444 e. The van der Waals surface area contributed by atoms with Crippen LogP contribution in [0, 0.1) is 0 Å². The smallest absolute Gasteiger partial charge is 0.411 e. The van der Waals surface area contributed by atoms with Crippen molar-refractivity contribution in [3.63, 3.8) is 0 Å². The van der Waals surface area contributed by atoms with Crippen molar-refractivity contribution in [3.8, 4) is 0 Å². The molecule has 1 N–H and O–H groups in total. The first-order chi connectivity index (χ1) is 10.1. The van der Waals surface area contributed by atoms with Crippen LogP contribution in [-0.2, 0) is 11.3 Å². The lowest BCUT2D eigenvalue weighted by molar-refractivity contribution is 0.0913. The van der Waals surface area contributed by atoms with Gasteiger partial charge in [0.15, 0.2) is 0 Å². The van der Waals surface area contributed by atoms with E-state index in [2.05, 4.69) is 5.32 Å². The third kappa shape index (κ3) is 5.51. The summed E-state index contributed by atoms with van der Waals surface area (Å²) in [5.74, 6) is 0. The van der Waals surface area contributed by atoms with Gasteiger partial charge in [0.05, 0.1) is 6.54 Å². The topological polar surface area (TPSA) is 41.6 Å². The second-order valence-corrected chi connectivity index (χ2v) is 4.82. The maximum atomic E-state index is 12.2. The Morgan fingerprint density at radius 3 is 2.71 bits per heavy atom. The van der Waals surface area contributed by atoms with Gasteiger partial charge in [-0.3, -0.25) is 10.2 Å². The molecule has 21 heavy (non-hydrogen) atoms. The first-order valence-corrected chi connectivity index (χ1v) is 6.81. The van der Waals surface area contributed by atoms with Crippen LogP contribution in [0.5, 0.6) is 0 Å². The molecule has 0 fully saturated rings. The summed E-state index contributed by atoms with van der Waals surface area (Å²) in [5, 5.41) is 2.65. The highest BCUT2D eigenvalue weighted by Crippen LogP contribution is 2.10. The minimum Gasteiger partial charge on any atom is -0.444 e. The highest BCUT2D eigenvalue weighted by Gasteiger charge is 2.16. The van der Waals surface area contributed by atoms with E-state index in [-0.39, 0.29) is 13.2 Å². The Morgan fingerprint density at radius 2 is 2.10 bits per heavy atom. The third-order valence-electron chi connectivity index (χ3n) is 3.16. The van der Waals surface area contributed by atoms with Crippen molar-refractivity contribution in [1.29, 1.82) is 0 Å². The molecule has 1 amide bonds. The van der Waals surface area contributed by atoms with Gasteiger partial charge >= 0.3 is 6.09 Å². The summed E-state index contributed by atoms with van der Waals surface area (Å²) < 4.78 is 29.6. The van der Waals surface area contributed by atoms with Gasteiger partial charge in [0.2, 0.25) is 0 Å². The molecule has 0 saturated carbocycles. The van der Waals surface area contributed by atoms with E-state index in [0.29, 0.717) is 19.5 Å². The van der Waals surface area contributed by atoms with Gasteiger partial charge in [-0.05, 0) is 5.56 Å². The molecular weight excluding hydrogens is 278 g/mol. The van der Waals surface area contributed by atoms with Gasteiger partial charge in [-0.2, -0.15) is 0 Å². The Kier molecular flexibility index (Phi) is 5.68. The molecule has 0 aliphatic carbocycles. The number of carbonyl (C=O) groups excluding carboxylic acids is 1. The first kappa shape index (κ1) is 15.4. The van der Waals surface area contributed by atoms with Crippen molar-refractivity contribution in [3.05, 3.63) is 47.7 Å². The van der Waals surface area contributed by atoms with E-state index in [1.54, 1.807) is 11.0 Å². The van der Waals surface area contributed by atoms with Gasteiger partial charge in [0.1, 0.15) is 6.61 Å².